The third-order valence-electron chi connectivity index (χ3n) is 2.25. The minimum absolute atomic E-state index is 0.0810. The number of nitrogens with one attached hydrogen (secondary N) is 1. The standard InChI is InChI=1S/C12H8BrN3O3/c13-9-3-8(12(18)19)4-10(5-9)16-11(17)7-1-2-14-15-6-7/h1-6H,(H,16,17)(H,18,19). The monoisotopic (exact) mass is 321 g/mol. The van der Waals surface area contributed by atoms with Crippen LogP contribution in [0.3, 0.4) is 0 Å². The molecule has 1 aromatic carbocycles. The van der Waals surface area contributed by atoms with Crippen molar-refractivity contribution in [2.24, 2.45) is 0 Å². The van der Waals surface area contributed by atoms with E-state index in [4.69, 9.17) is 5.11 Å². The zero-order valence-corrected chi connectivity index (χ0v) is 11.1. The van der Waals surface area contributed by atoms with E-state index in [-0.39, 0.29) is 11.5 Å². The summed E-state index contributed by atoms with van der Waals surface area (Å²) < 4.78 is 0.565. The number of aromatic nitrogens is 2. The first-order valence-corrected chi connectivity index (χ1v) is 5.97. The van der Waals surface area contributed by atoms with E-state index in [2.05, 4.69) is 31.4 Å². The van der Waals surface area contributed by atoms with Crippen molar-refractivity contribution in [2.45, 2.75) is 0 Å². The molecule has 2 N–H and O–H groups in total. The highest BCUT2D eigenvalue weighted by atomic mass is 79.9. The van der Waals surface area contributed by atoms with Crippen molar-refractivity contribution in [3.63, 3.8) is 0 Å². The predicted molar refractivity (Wildman–Crippen MR) is 71.1 cm³/mol. The molecule has 1 aromatic heterocycles. The van der Waals surface area contributed by atoms with Crippen LogP contribution in [0.2, 0.25) is 0 Å². The Morgan fingerprint density at radius 1 is 1.16 bits per heavy atom. The van der Waals surface area contributed by atoms with Gasteiger partial charge in [0.15, 0.2) is 0 Å². The van der Waals surface area contributed by atoms with Gasteiger partial charge in [-0.15, -0.1) is 0 Å². The van der Waals surface area contributed by atoms with Crippen molar-refractivity contribution < 1.29 is 14.7 Å². The van der Waals surface area contributed by atoms with Crippen LogP contribution in [0, 0.1) is 0 Å². The Morgan fingerprint density at radius 2 is 1.95 bits per heavy atom. The van der Waals surface area contributed by atoms with E-state index in [1.54, 1.807) is 6.07 Å². The topological polar surface area (TPSA) is 92.2 Å². The fraction of sp³-hybridized carbons (Fsp3) is 0. The summed E-state index contributed by atoms with van der Waals surface area (Å²) in [4.78, 5) is 22.8. The van der Waals surface area contributed by atoms with Crippen LogP contribution in [-0.4, -0.2) is 27.2 Å². The lowest BCUT2D eigenvalue weighted by Crippen LogP contribution is -2.13. The molecule has 0 spiro atoms. The number of aromatic carboxylic acids is 1. The number of carboxylic acid groups (broad SMARTS) is 1. The van der Waals surface area contributed by atoms with Gasteiger partial charge in [0.25, 0.3) is 5.91 Å². The third kappa shape index (κ3) is 3.35. The first kappa shape index (κ1) is 13.2. The maximum absolute atomic E-state index is 11.9. The third-order valence-corrected chi connectivity index (χ3v) is 2.71. The highest BCUT2D eigenvalue weighted by Gasteiger charge is 2.10. The van der Waals surface area contributed by atoms with Gasteiger partial charge < -0.3 is 10.4 Å². The van der Waals surface area contributed by atoms with Crippen LogP contribution in [-0.2, 0) is 0 Å². The molecule has 0 aliphatic carbocycles. The average Bonchev–Trinajstić information content (AvgIpc) is 2.39. The van der Waals surface area contributed by atoms with Crippen LogP contribution in [0.25, 0.3) is 0 Å². The van der Waals surface area contributed by atoms with Gasteiger partial charge in [-0.3, -0.25) is 4.79 Å². The molecule has 0 atom stereocenters. The van der Waals surface area contributed by atoms with Gasteiger partial charge in [-0.2, -0.15) is 10.2 Å². The van der Waals surface area contributed by atoms with Gasteiger partial charge >= 0.3 is 5.97 Å². The van der Waals surface area contributed by atoms with Crippen LogP contribution >= 0.6 is 15.9 Å². The summed E-state index contributed by atoms with van der Waals surface area (Å²) in [6, 6.07) is 5.95. The summed E-state index contributed by atoms with van der Waals surface area (Å²) in [5, 5.41) is 18.7. The zero-order valence-electron chi connectivity index (χ0n) is 9.50. The summed E-state index contributed by atoms with van der Waals surface area (Å²) in [6.45, 7) is 0. The number of carbonyl (C=O) groups excluding carboxylic acids is 1. The normalized spacial score (nSPS) is 9.95. The number of anilines is 1. The summed E-state index contributed by atoms with van der Waals surface area (Å²) in [6.07, 6.45) is 2.73. The van der Waals surface area contributed by atoms with E-state index in [0.29, 0.717) is 15.7 Å². The van der Waals surface area contributed by atoms with Crippen LogP contribution in [0.4, 0.5) is 5.69 Å². The minimum atomic E-state index is -1.07. The van der Waals surface area contributed by atoms with E-state index in [1.165, 1.54) is 30.6 Å². The van der Waals surface area contributed by atoms with Gasteiger partial charge in [-0.25, -0.2) is 4.79 Å². The minimum Gasteiger partial charge on any atom is -0.478 e. The predicted octanol–water partition coefficient (Wildman–Crippen LogP) is 2.19. The maximum Gasteiger partial charge on any atom is 0.335 e. The van der Waals surface area contributed by atoms with Gasteiger partial charge in [0.1, 0.15) is 0 Å². The highest BCUT2D eigenvalue weighted by molar-refractivity contribution is 9.10. The van der Waals surface area contributed by atoms with E-state index < -0.39 is 5.97 Å². The molecule has 6 nitrogen and oxygen atoms in total. The molecule has 0 fully saturated rings. The molecule has 1 amide bonds. The zero-order chi connectivity index (χ0) is 13.8. The fourth-order valence-electron chi connectivity index (χ4n) is 1.41. The first-order chi connectivity index (χ1) is 9.06. The molecule has 0 unspecified atom stereocenters. The second-order valence-electron chi connectivity index (χ2n) is 3.62. The van der Waals surface area contributed by atoms with Crippen LogP contribution < -0.4 is 5.32 Å². The van der Waals surface area contributed by atoms with Crippen molar-refractivity contribution in [3.8, 4) is 0 Å². The Hall–Kier alpha value is -2.28. The number of halogens is 1. The molecular weight excluding hydrogens is 314 g/mol. The molecule has 0 aliphatic heterocycles. The van der Waals surface area contributed by atoms with Crippen LogP contribution in [0.1, 0.15) is 20.7 Å². The first-order valence-electron chi connectivity index (χ1n) is 5.18. The number of carboxylic acids is 1. The SMILES string of the molecule is O=C(O)c1cc(Br)cc(NC(=O)c2ccnnc2)c1. The Morgan fingerprint density at radius 3 is 2.58 bits per heavy atom. The number of rotatable bonds is 3. The van der Waals surface area contributed by atoms with Crippen LogP contribution in [0.5, 0.6) is 0 Å². The lowest BCUT2D eigenvalue weighted by molar-refractivity contribution is 0.0696. The Labute approximate surface area is 116 Å². The largest absolute Gasteiger partial charge is 0.478 e. The molecule has 0 saturated carbocycles. The van der Waals surface area contributed by atoms with E-state index >= 15 is 0 Å². The van der Waals surface area contributed by atoms with Crippen molar-refractivity contribution in [1.82, 2.24) is 10.2 Å². The number of carbonyl (C=O) groups is 2. The van der Waals surface area contributed by atoms with Crippen molar-refractivity contribution in [1.29, 1.82) is 0 Å². The molecule has 7 heteroatoms. The second kappa shape index (κ2) is 5.57. The Kier molecular flexibility index (Phi) is 3.86. The molecule has 0 radical (unpaired) electrons. The molecule has 19 heavy (non-hydrogen) atoms. The second-order valence-corrected chi connectivity index (χ2v) is 4.53. The van der Waals surface area contributed by atoms with Crippen molar-refractivity contribution in [2.75, 3.05) is 5.32 Å². The van der Waals surface area contributed by atoms with E-state index in [9.17, 15) is 9.59 Å². The lowest BCUT2D eigenvalue weighted by Gasteiger charge is -2.06. The fourth-order valence-corrected chi connectivity index (χ4v) is 1.91. The molecule has 2 aromatic rings. The maximum atomic E-state index is 11.9. The molecular formula is C12H8BrN3O3. The van der Waals surface area contributed by atoms with Gasteiger partial charge in [-0.1, -0.05) is 15.9 Å². The van der Waals surface area contributed by atoms with Crippen molar-refractivity contribution >= 4 is 33.5 Å². The highest BCUT2D eigenvalue weighted by Crippen LogP contribution is 2.20. The smallest absolute Gasteiger partial charge is 0.335 e. The average molecular weight is 322 g/mol. The molecule has 2 rings (SSSR count). The summed E-state index contributed by atoms with van der Waals surface area (Å²) >= 11 is 3.19. The quantitative estimate of drug-likeness (QED) is 0.904. The number of benzene rings is 1. The number of nitrogens with zero attached hydrogens (tertiary/aromatic N) is 2. The van der Waals surface area contributed by atoms with Gasteiger partial charge in [0, 0.05) is 10.2 Å². The van der Waals surface area contributed by atoms with Gasteiger partial charge in [0.2, 0.25) is 0 Å². The van der Waals surface area contributed by atoms with Crippen molar-refractivity contribution in [3.05, 3.63) is 52.3 Å². The Bertz CT molecular complexity index is 631. The van der Waals surface area contributed by atoms with E-state index in [0.717, 1.165) is 0 Å². The number of hydrogen-bond acceptors (Lipinski definition) is 4. The number of amides is 1. The molecule has 0 aliphatic rings. The molecule has 0 bridgehead atoms. The summed E-state index contributed by atoms with van der Waals surface area (Å²) in [7, 11) is 0. The lowest BCUT2D eigenvalue weighted by atomic mass is 10.2. The number of hydrogen-bond donors (Lipinski definition) is 2. The van der Waals surface area contributed by atoms with Gasteiger partial charge in [0.05, 0.1) is 23.5 Å². The Balaban J connectivity index is 2.24. The van der Waals surface area contributed by atoms with E-state index in [1.807, 2.05) is 0 Å². The molecule has 96 valence electrons. The molecule has 1 heterocycles. The summed E-state index contributed by atoms with van der Waals surface area (Å²) in [5.74, 6) is -1.45. The van der Waals surface area contributed by atoms with Gasteiger partial charge in [-0.05, 0) is 24.3 Å². The van der Waals surface area contributed by atoms with Crippen LogP contribution in [0.15, 0.2) is 41.1 Å². The molecule has 0 saturated heterocycles. The summed E-state index contributed by atoms with van der Waals surface area (Å²) in [5.41, 5.74) is 0.804.